The SMILES string of the molecule is Cc1cc(SC2=C(O)CC(C)(CCc3ccc(O)cc3)OC2=O)c(C(C)(C)C)cc1OS(=O)(=O)c1nccn1C. The fourth-order valence-electron chi connectivity index (χ4n) is 4.45. The van der Waals surface area contributed by atoms with E-state index in [2.05, 4.69) is 4.98 Å². The number of esters is 1. The highest BCUT2D eigenvalue weighted by Crippen LogP contribution is 2.44. The number of aromatic hydroxyl groups is 1. The van der Waals surface area contributed by atoms with E-state index < -0.39 is 27.1 Å². The molecule has 9 nitrogen and oxygen atoms in total. The molecule has 0 saturated heterocycles. The van der Waals surface area contributed by atoms with E-state index in [1.54, 1.807) is 45.2 Å². The number of carbonyl (C=O) groups is 1. The van der Waals surface area contributed by atoms with E-state index in [-0.39, 0.29) is 33.7 Å². The molecule has 0 fully saturated rings. The summed E-state index contributed by atoms with van der Waals surface area (Å²) in [6.45, 7) is 9.40. The number of rotatable bonds is 8. The van der Waals surface area contributed by atoms with Gasteiger partial charge in [0.25, 0.3) is 5.16 Å². The van der Waals surface area contributed by atoms with Crippen molar-refractivity contribution >= 4 is 27.8 Å². The van der Waals surface area contributed by atoms with Gasteiger partial charge in [-0.3, -0.25) is 0 Å². The van der Waals surface area contributed by atoms with Crippen LogP contribution in [0.2, 0.25) is 0 Å². The summed E-state index contributed by atoms with van der Waals surface area (Å²) in [5.74, 6) is -0.328. The Bertz CT molecular complexity index is 1570. The molecule has 0 spiro atoms. The summed E-state index contributed by atoms with van der Waals surface area (Å²) in [5.41, 5.74) is 0.923. The minimum Gasteiger partial charge on any atom is -0.511 e. The van der Waals surface area contributed by atoms with Gasteiger partial charge in [0, 0.05) is 30.8 Å². The molecule has 1 aliphatic rings. The van der Waals surface area contributed by atoms with Crippen molar-refractivity contribution in [3.05, 3.63) is 76.1 Å². The third-order valence-electron chi connectivity index (χ3n) is 6.70. The Morgan fingerprint density at radius 2 is 1.85 bits per heavy atom. The molecule has 1 aliphatic heterocycles. The molecule has 2 heterocycles. The second kappa shape index (κ2) is 10.9. The zero-order chi connectivity index (χ0) is 29.5. The average Bonchev–Trinajstić information content (AvgIpc) is 3.29. The first-order chi connectivity index (χ1) is 18.6. The molecule has 40 heavy (non-hydrogen) atoms. The highest BCUT2D eigenvalue weighted by atomic mass is 32.2. The number of hydrogen-bond donors (Lipinski definition) is 2. The third-order valence-corrected chi connectivity index (χ3v) is 9.11. The van der Waals surface area contributed by atoms with Crippen LogP contribution in [0.3, 0.4) is 0 Å². The average molecular weight is 587 g/mol. The predicted octanol–water partition coefficient (Wildman–Crippen LogP) is 5.70. The van der Waals surface area contributed by atoms with Crippen LogP contribution in [0.1, 0.15) is 57.2 Å². The van der Waals surface area contributed by atoms with Gasteiger partial charge in [-0.2, -0.15) is 8.42 Å². The highest BCUT2D eigenvalue weighted by molar-refractivity contribution is 8.04. The molecule has 3 aromatic rings. The molecule has 0 saturated carbocycles. The Morgan fingerprint density at radius 3 is 2.42 bits per heavy atom. The third kappa shape index (κ3) is 6.47. The van der Waals surface area contributed by atoms with Gasteiger partial charge in [0.1, 0.15) is 27.8 Å². The number of ether oxygens (including phenoxy) is 1. The molecule has 0 bridgehead atoms. The predicted molar refractivity (Wildman–Crippen MR) is 152 cm³/mol. The number of phenols is 1. The number of aryl methyl sites for hydroxylation is 3. The van der Waals surface area contributed by atoms with Crippen molar-refractivity contribution in [3.63, 3.8) is 0 Å². The van der Waals surface area contributed by atoms with Gasteiger partial charge in [-0.25, -0.2) is 9.78 Å². The lowest BCUT2D eigenvalue weighted by Gasteiger charge is -2.34. The van der Waals surface area contributed by atoms with Crippen molar-refractivity contribution in [2.24, 2.45) is 7.05 Å². The van der Waals surface area contributed by atoms with Gasteiger partial charge >= 0.3 is 16.1 Å². The second-order valence-electron chi connectivity index (χ2n) is 11.3. The molecule has 0 aliphatic carbocycles. The summed E-state index contributed by atoms with van der Waals surface area (Å²) in [4.78, 5) is 17.8. The summed E-state index contributed by atoms with van der Waals surface area (Å²) < 4.78 is 38.4. The molecular formula is C29H34N2O7S2. The summed E-state index contributed by atoms with van der Waals surface area (Å²) >= 11 is 1.10. The maximum atomic E-state index is 13.1. The van der Waals surface area contributed by atoms with Gasteiger partial charge in [-0.05, 0) is 73.1 Å². The number of aliphatic hydroxyl groups excluding tert-OH is 1. The highest BCUT2D eigenvalue weighted by Gasteiger charge is 2.39. The Kier molecular flexibility index (Phi) is 8.01. The normalized spacial score (nSPS) is 18.1. The molecule has 1 atom stereocenters. The van der Waals surface area contributed by atoms with Crippen molar-refractivity contribution in [1.29, 1.82) is 0 Å². The van der Waals surface area contributed by atoms with E-state index in [9.17, 15) is 23.4 Å². The molecule has 4 rings (SSSR count). The first kappa shape index (κ1) is 29.5. The van der Waals surface area contributed by atoms with Crippen molar-refractivity contribution in [1.82, 2.24) is 9.55 Å². The van der Waals surface area contributed by atoms with Crippen molar-refractivity contribution in [3.8, 4) is 11.5 Å². The van der Waals surface area contributed by atoms with Gasteiger partial charge < -0.3 is 23.7 Å². The number of aromatic nitrogens is 2. The summed E-state index contributed by atoms with van der Waals surface area (Å²) in [6.07, 6.45) is 4.16. The van der Waals surface area contributed by atoms with E-state index in [0.717, 1.165) is 22.9 Å². The lowest BCUT2D eigenvalue weighted by Crippen LogP contribution is -2.37. The number of benzene rings is 2. The van der Waals surface area contributed by atoms with E-state index >= 15 is 0 Å². The molecule has 1 aromatic heterocycles. The maximum Gasteiger partial charge on any atom is 0.373 e. The minimum absolute atomic E-state index is 0.0512. The smallest absolute Gasteiger partial charge is 0.373 e. The lowest BCUT2D eigenvalue weighted by atomic mass is 9.86. The molecular weight excluding hydrogens is 552 g/mol. The Balaban J connectivity index is 1.60. The number of aliphatic hydroxyl groups is 1. The van der Waals surface area contributed by atoms with Gasteiger partial charge in [-0.15, -0.1) is 0 Å². The van der Waals surface area contributed by atoms with Crippen molar-refractivity contribution < 1.29 is 32.3 Å². The first-order valence-electron chi connectivity index (χ1n) is 12.8. The standard InChI is InChI=1S/C29H34N2O7S2/c1-18-15-24(21(28(2,3)4)16-23(18)38-40(35,36)27-30-13-14-31(27)6)39-25-22(33)17-29(5,37-26(25)34)12-11-19-7-9-20(32)10-8-19/h7-10,13-16,32-33H,11-12,17H2,1-6H3. The van der Waals surface area contributed by atoms with Crippen LogP contribution in [-0.2, 0) is 38.5 Å². The summed E-state index contributed by atoms with van der Waals surface area (Å²) in [7, 11) is -2.61. The largest absolute Gasteiger partial charge is 0.511 e. The zero-order valence-corrected chi connectivity index (χ0v) is 25.0. The van der Waals surface area contributed by atoms with E-state index in [0.29, 0.717) is 23.3 Å². The summed E-state index contributed by atoms with van der Waals surface area (Å²) in [5, 5.41) is 20.3. The van der Waals surface area contributed by atoms with Gasteiger partial charge in [0.2, 0.25) is 0 Å². The molecule has 0 radical (unpaired) electrons. The van der Waals surface area contributed by atoms with Crippen LogP contribution in [0.15, 0.2) is 69.5 Å². The Hall–Kier alpha value is -3.44. The molecule has 2 aromatic carbocycles. The lowest BCUT2D eigenvalue weighted by molar-refractivity contribution is -0.156. The number of thioether (sulfide) groups is 1. The molecule has 11 heteroatoms. The van der Waals surface area contributed by atoms with E-state index in [1.807, 2.05) is 32.9 Å². The monoisotopic (exact) mass is 586 g/mol. The quantitative estimate of drug-likeness (QED) is 0.252. The van der Waals surface area contributed by atoms with Crippen LogP contribution < -0.4 is 4.18 Å². The van der Waals surface area contributed by atoms with Gasteiger partial charge in [-0.1, -0.05) is 44.7 Å². The molecule has 0 amide bonds. The number of nitrogens with zero attached hydrogens (tertiary/aromatic N) is 2. The number of cyclic esters (lactones) is 1. The Labute approximate surface area is 239 Å². The summed E-state index contributed by atoms with van der Waals surface area (Å²) in [6, 6.07) is 10.2. The zero-order valence-electron chi connectivity index (χ0n) is 23.4. The Morgan fingerprint density at radius 1 is 1.18 bits per heavy atom. The molecule has 1 unspecified atom stereocenters. The van der Waals surface area contributed by atoms with Crippen LogP contribution in [0.25, 0.3) is 0 Å². The fraction of sp³-hybridized carbons (Fsp3) is 0.379. The minimum atomic E-state index is -4.17. The van der Waals surface area contributed by atoms with Gasteiger partial charge in [0.15, 0.2) is 0 Å². The van der Waals surface area contributed by atoms with Crippen LogP contribution >= 0.6 is 11.8 Å². The first-order valence-corrected chi connectivity index (χ1v) is 15.0. The fourth-order valence-corrected chi connectivity index (χ4v) is 6.79. The number of hydrogen-bond acceptors (Lipinski definition) is 9. The molecule has 2 N–H and O–H groups in total. The van der Waals surface area contributed by atoms with Crippen LogP contribution in [0.5, 0.6) is 11.5 Å². The van der Waals surface area contributed by atoms with Crippen molar-refractivity contribution in [2.45, 2.75) is 74.9 Å². The second-order valence-corrected chi connectivity index (χ2v) is 13.8. The van der Waals surface area contributed by atoms with Crippen LogP contribution in [0.4, 0.5) is 0 Å². The topological polar surface area (TPSA) is 128 Å². The molecule has 214 valence electrons. The maximum absolute atomic E-state index is 13.1. The van der Waals surface area contributed by atoms with E-state index in [4.69, 9.17) is 8.92 Å². The van der Waals surface area contributed by atoms with Crippen molar-refractivity contribution in [2.75, 3.05) is 0 Å². The van der Waals surface area contributed by atoms with Gasteiger partial charge in [0.05, 0.1) is 0 Å². The number of phenolic OH excluding ortho intramolecular Hbond substituents is 1. The van der Waals surface area contributed by atoms with Crippen LogP contribution in [0, 0.1) is 6.92 Å². The number of carbonyl (C=O) groups excluding carboxylic acids is 1. The number of imidazole rings is 1. The van der Waals surface area contributed by atoms with Crippen LogP contribution in [-0.4, -0.2) is 39.8 Å². The van der Waals surface area contributed by atoms with E-state index in [1.165, 1.54) is 17.0 Å².